The van der Waals surface area contributed by atoms with E-state index in [0.29, 0.717) is 11.1 Å². The van der Waals surface area contributed by atoms with Gasteiger partial charge in [0.05, 0.1) is 23.1 Å². The van der Waals surface area contributed by atoms with E-state index in [1.165, 1.54) is 24.3 Å². The summed E-state index contributed by atoms with van der Waals surface area (Å²) in [6.45, 7) is 3.27. The minimum absolute atomic E-state index is 0.0531. The van der Waals surface area contributed by atoms with E-state index in [2.05, 4.69) is 6.58 Å². The summed E-state index contributed by atoms with van der Waals surface area (Å²) >= 11 is 0. The average molecular weight is 326 g/mol. The largest absolute Gasteiger partial charge is 0.269 e. The van der Waals surface area contributed by atoms with Crippen molar-refractivity contribution in [3.05, 3.63) is 78.4 Å². The van der Waals surface area contributed by atoms with Crippen molar-refractivity contribution in [3.63, 3.8) is 0 Å². The SMILES string of the molecule is C=CC(=O)N(Cc1ccccc1)S(=O)(=O)c1ccc(C#N)cc1. The van der Waals surface area contributed by atoms with Gasteiger partial charge in [0, 0.05) is 0 Å². The first-order valence-corrected chi connectivity index (χ1v) is 8.16. The molecule has 0 heterocycles. The number of carbonyl (C=O) groups is 1. The van der Waals surface area contributed by atoms with Gasteiger partial charge < -0.3 is 0 Å². The van der Waals surface area contributed by atoms with E-state index >= 15 is 0 Å². The first-order chi connectivity index (χ1) is 11.0. The molecular weight excluding hydrogens is 312 g/mol. The van der Waals surface area contributed by atoms with Crippen LogP contribution in [-0.2, 0) is 21.4 Å². The molecule has 0 saturated carbocycles. The maximum Gasteiger partial charge on any atom is 0.267 e. The first-order valence-electron chi connectivity index (χ1n) is 6.72. The molecule has 0 aromatic heterocycles. The molecule has 0 saturated heterocycles. The predicted octanol–water partition coefficient (Wildman–Crippen LogP) is 2.46. The number of carbonyl (C=O) groups excluding carboxylic acids is 1. The van der Waals surface area contributed by atoms with Gasteiger partial charge in [-0.1, -0.05) is 36.9 Å². The van der Waals surface area contributed by atoms with Crippen LogP contribution in [0.4, 0.5) is 0 Å². The molecule has 0 aliphatic heterocycles. The van der Waals surface area contributed by atoms with Gasteiger partial charge in [0.1, 0.15) is 0 Å². The molecular formula is C17H14N2O3S. The third-order valence-electron chi connectivity index (χ3n) is 3.16. The monoisotopic (exact) mass is 326 g/mol. The highest BCUT2D eigenvalue weighted by Crippen LogP contribution is 2.19. The summed E-state index contributed by atoms with van der Waals surface area (Å²) in [5.41, 5.74) is 1.02. The zero-order valence-corrected chi connectivity index (χ0v) is 13.0. The molecule has 0 radical (unpaired) electrons. The Kier molecular flexibility index (Phi) is 4.94. The van der Waals surface area contributed by atoms with Crippen molar-refractivity contribution in [2.75, 3.05) is 0 Å². The number of amides is 1. The molecule has 0 bridgehead atoms. The highest BCUT2D eigenvalue weighted by Gasteiger charge is 2.27. The molecule has 2 aromatic carbocycles. The summed E-state index contributed by atoms with van der Waals surface area (Å²) in [4.78, 5) is 12.0. The molecule has 0 atom stereocenters. The van der Waals surface area contributed by atoms with E-state index in [1.807, 2.05) is 6.07 Å². The van der Waals surface area contributed by atoms with Gasteiger partial charge in [-0.25, -0.2) is 12.7 Å². The zero-order chi connectivity index (χ0) is 16.9. The van der Waals surface area contributed by atoms with Crippen molar-refractivity contribution in [1.29, 1.82) is 5.26 Å². The maximum absolute atomic E-state index is 12.7. The van der Waals surface area contributed by atoms with Crippen molar-refractivity contribution in [2.45, 2.75) is 11.4 Å². The second kappa shape index (κ2) is 6.90. The Labute approximate surface area is 135 Å². The summed E-state index contributed by atoms with van der Waals surface area (Å²) in [7, 11) is -4.03. The average Bonchev–Trinajstić information content (AvgIpc) is 2.59. The molecule has 0 spiro atoms. The Morgan fingerprint density at radius 2 is 1.74 bits per heavy atom. The number of nitrogens with zero attached hydrogens (tertiary/aromatic N) is 2. The lowest BCUT2D eigenvalue weighted by atomic mass is 10.2. The summed E-state index contributed by atoms with van der Waals surface area (Å²) in [6.07, 6.45) is 0.962. The standard InChI is InChI=1S/C17H14N2O3S/c1-2-17(20)19(13-15-6-4-3-5-7-15)23(21,22)16-10-8-14(12-18)9-11-16/h2-11H,1,13H2. The van der Waals surface area contributed by atoms with Crippen LogP contribution in [-0.4, -0.2) is 18.6 Å². The van der Waals surface area contributed by atoms with Gasteiger partial charge in [-0.2, -0.15) is 5.26 Å². The van der Waals surface area contributed by atoms with Crippen LogP contribution < -0.4 is 0 Å². The Morgan fingerprint density at radius 1 is 1.13 bits per heavy atom. The number of nitriles is 1. The van der Waals surface area contributed by atoms with Gasteiger partial charge in [-0.05, 0) is 35.9 Å². The Bertz CT molecular complexity index is 851. The van der Waals surface area contributed by atoms with Gasteiger partial charge in [0.2, 0.25) is 0 Å². The van der Waals surface area contributed by atoms with Crippen molar-refractivity contribution in [3.8, 4) is 6.07 Å². The summed E-state index contributed by atoms with van der Waals surface area (Å²) in [5, 5.41) is 8.78. The molecule has 23 heavy (non-hydrogen) atoms. The van der Waals surface area contributed by atoms with Crippen LogP contribution in [0.25, 0.3) is 0 Å². The van der Waals surface area contributed by atoms with Gasteiger partial charge in [0.15, 0.2) is 0 Å². The van der Waals surface area contributed by atoms with Gasteiger partial charge in [-0.3, -0.25) is 4.79 Å². The molecule has 5 nitrogen and oxygen atoms in total. The topological polar surface area (TPSA) is 78.2 Å². The van der Waals surface area contributed by atoms with E-state index in [-0.39, 0.29) is 11.4 Å². The van der Waals surface area contributed by atoms with Crippen molar-refractivity contribution >= 4 is 15.9 Å². The van der Waals surface area contributed by atoms with E-state index in [4.69, 9.17) is 5.26 Å². The fourth-order valence-electron chi connectivity index (χ4n) is 1.96. The number of benzene rings is 2. The smallest absolute Gasteiger partial charge is 0.267 e. The third kappa shape index (κ3) is 3.65. The Morgan fingerprint density at radius 3 is 2.26 bits per heavy atom. The maximum atomic E-state index is 12.7. The molecule has 116 valence electrons. The minimum Gasteiger partial charge on any atom is -0.269 e. The highest BCUT2D eigenvalue weighted by atomic mass is 32.2. The molecule has 0 aliphatic rings. The van der Waals surface area contributed by atoms with Crippen LogP contribution in [0.15, 0.2) is 72.1 Å². The quantitative estimate of drug-likeness (QED) is 0.791. The number of rotatable bonds is 5. The normalized spacial score (nSPS) is 10.6. The lowest BCUT2D eigenvalue weighted by Crippen LogP contribution is -2.35. The van der Waals surface area contributed by atoms with Crippen LogP contribution in [0.1, 0.15) is 11.1 Å². The second-order valence-electron chi connectivity index (χ2n) is 4.68. The molecule has 1 amide bonds. The van der Waals surface area contributed by atoms with Crippen LogP contribution in [0, 0.1) is 11.3 Å². The third-order valence-corrected chi connectivity index (χ3v) is 4.92. The van der Waals surface area contributed by atoms with Crippen molar-refractivity contribution < 1.29 is 13.2 Å². The molecule has 0 fully saturated rings. The van der Waals surface area contributed by atoms with E-state index in [9.17, 15) is 13.2 Å². The molecule has 0 aliphatic carbocycles. The van der Waals surface area contributed by atoms with Crippen LogP contribution >= 0.6 is 0 Å². The fourth-order valence-corrected chi connectivity index (χ4v) is 3.33. The second-order valence-corrected chi connectivity index (χ2v) is 6.54. The fraction of sp³-hybridized carbons (Fsp3) is 0.0588. The predicted molar refractivity (Wildman–Crippen MR) is 85.5 cm³/mol. The van der Waals surface area contributed by atoms with Crippen molar-refractivity contribution in [1.82, 2.24) is 4.31 Å². The van der Waals surface area contributed by atoms with Gasteiger partial charge >= 0.3 is 0 Å². The zero-order valence-electron chi connectivity index (χ0n) is 12.2. The van der Waals surface area contributed by atoms with E-state index in [1.54, 1.807) is 30.3 Å². The lowest BCUT2D eigenvalue weighted by molar-refractivity contribution is -0.121. The molecule has 6 heteroatoms. The van der Waals surface area contributed by atoms with Crippen LogP contribution in [0.2, 0.25) is 0 Å². The number of hydrogen-bond acceptors (Lipinski definition) is 4. The highest BCUT2D eigenvalue weighted by molar-refractivity contribution is 7.89. The van der Waals surface area contributed by atoms with E-state index < -0.39 is 15.9 Å². The van der Waals surface area contributed by atoms with Gasteiger partial charge in [-0.15, -0.1) is 0 Å². The lowest BCUT2D eigenvalue weighted by Gasteiger charge is -2.21. The first kappa shape index (κ1) is 16.5. The van der Waals surface area contributed by atoms with Gasteiger partial charge in [0.25, 0.3) is 15.9 Å². The van der Waals surface area contributed by atoms with Crippen molar-refractivity contribution in [2.24, 2.45) is 0 Å². The Balaban J connectivity index is 2.42. The minimum atomic E-state index is -4.03. The molecule has 2 rings (SSSR count). The molecule has 0 unspecified atom stereocenters. The number of sulfonamides is 1. The Hall–Kier alpha value is -2.91. The summed E-state index contributed by atoms with van der Waals surface area (Å²) in [5.74, 6) is -0.710. The summed E-state index contributed by atoms with van der Waals surface area (Å²) < 4.78 is 26.2. The summed E-state index contributed by atoms with van der Waals surface area (Å²) in [6, 6.07) is 16.1. The van der Waals surface area contributed by atoms with E-state index in [0.717, 1.165) is 10.4 Å². The molecule has 2 aromatic rings. The van der Waals surface area contributed by atoms with Crippen LogP contribution in [0.3, 0.4) is 0 Å². The number of hydrogen-bond donors (Lipinski definition) is 0. The molecule has 0 N–H and O–H groups in total. The van der Waals surface area contributed by atoms with Crippen LogP contribution in [0.5, 0.6) is 0 Å².